The molecule has 108 valence electrons. The highest BCUT2D eigenvalue weighted by Crippen LogP contribution is 2.17. The van der Waals surface area contributed by atoms with Gasteiger partial charge in [-0.1, -0.05) is 19.1 Å². The second-order valence-electron chi connectivity index (χ2n) is 4.44. The van der Waals surface area contributed by atoms with Crippen LogP contribution in [0.5, 0.6) is 0 Å². The maximum atomic E-state index is 11.4. The summed E-state index contributed by atoms with van der Waals surface area (Å²) >= 11 is 2.25. The molecular weight excluding hydrogens is 411 g/mol. The Balaban J connectivity index is 2.34. The van der Waals surface area contributed by atoms with Gasteiger partial charge in [0.25, 0.3) is 9.05 Å². The zero-order chi connectivity index (χ0) is 14.8. The molecule has 0 saturated carbocycles. The molecule has 2 rings (SSSR count). The zero-order valence-electron chi connectivity index (χ0n) is 10.9. The van der Waals surface area contributed by atoms with Crippen molar-refractivity contribution >= 4 is 42.3 Å². The summed E-state index contributed by atoms with van der Waals surface area (Å²) in [6.07, 6.45) is 3.12. The fourth-order valence-electron chi connectivity index (χ4n) is 1.89. The summed E-state index contributed by atoms with van der Waals surface area (Å²) < 4.78 is 25.8. The van der Waals surface area contributed by atoms with E-state index >= 15 is 0 Å². The van der Waals surface area contributed by atoms with E-state index in [9.17, 15) is 8.42 Å². The zero-order valence-corrected chi connectivity index (χ0v) is 14.6. The lowest BCUT2D eigenvalue weighted by Crippen LogP contribution is -2.04. The number of nitrogens with zero attached hydrogens (tertiary/aromatic N) is 2. The lowest BCUT2D eigenvalue weighted by molar-refractivity contribution is 0.606. The Morgan fingerprint density at radius 2 is 1.95 bits per heavy atom. The van der Waals surface area contributed by atoms with Gasteiger partial charge in [-0.3, -0.25) is 0 Å². The lowest BCUT2D eigenvalue weighted by Gasteiger charge is -2.07. The molecule has 1 aromatic heterocycles. The number of aromatic nitrogens is 2. The minimum atomic E-state index is -3.78. The predicted molar refractivity (Wildman–Crippen MR) is 87.5 cm³/mol. The maximum Gasteiger partial charge on any atom is 0.280 e. The van der Waals surface area contributed by atoms with Crippen LogP contribution in [0.25, 0.3) is 0 Å². The van der Waals surface area contributed by atoms with E-state index in [1.807, 2.05) is 35.8 Å². The Labute approximate surface area is 136 Å². The molecule has 4 nitrogen and oxygen atoms in total. The Kier molecular flexibility index (Phi) is 5.09. The molecule has 0 unspecified atom stereocenters. The monoisotopic (exact) mass is 424 g/mol. The first-order chi connectivity index (χ1) is 9.40. The molecule has 0 aliphatic heterocycles. The largest absolute Gasteiger partial charge is 0.329 e. The molecule has 1 heterocycles. The van der Waals surface area contributed by atoms with Gasteiger partial charge in [0, 0.05) is 33.4 Å². The van der Waals surface area contributed by atoms with Gasteiger partial charge >= 0.3 is 0 Å². The predicted octanol–water partition coefficient (Wildman–Crippen LogP) is 3.42. The van der Waals surface area contributed by atoms with Gasteiger partial charge in [-0.05, 0) is 46.7 Å². The van der Waals surface area contributed by atoms with Crippen LogP contribution in [0, 0.1) is 3.57 Å². The maximum absolute atomic E-state index is 11.4. The van der Waals surface area contributed by atoms with Crippen LogP contribution in [0.1, 0.15) is 24.7 Å². The Hall–Kier alpha value is -0.600. The number of imidazole rings is 1. The highest BCUT2D eigenvalue weighted by molar-refractivity contribution is 14.1. The first-order valence-electron chi connectivity index (χ1n) is 6.15. The summed E-state index contributed by atoms with van der Waals surface area (Å²) in [6.45, 7) is 2.62. The minimum Gasteiger partial charge on any atom is -0.329 e. The third kappa shape index (κ3) is 3.95. The van der Waals surface area contributed by atoms with Crippen molar-refractivity contribution in [1.82, 2.24) is 9.55 Å². The van der Waals surface area contributed by atoms with E-state index in [0.29, 0.717) is 6.54 Å². The van der Waals surface area contributed by atoms with Crippen molar-refractivity contribution in [2.24, 2.45) is 0 Å². The van der Waals surface area contributed by atoms with Crippen LogP contribution in [-0.2, 0) is 22.0 Å². The van der Waals surface area contributed by atoms with E-state index in [1.165, 1.54) is 6.20 Å². The Bertz CT molecular complexity index is 696. The van der Waals surface area contributed by atoms with E-state index in [-0.39, 0.29) is 5.03 Å². The standard InChI is InChI=1S/C13H14ClIN2O2S/c1-2-3-12-16-13(20(14,18)19)9-17(12)8-10-4-6-11(15)7-5-10/h4-7,9H,2-3,8H2,1H3. The van der Waals surface area contributed by atoms with Crippen molar-refractivity contribution in [1.29, 1.82) is 0 Å². The fourth-order valence-corrected chi connectivity index (χ4v) is 2.94. The highest BCUT2D eigenvalue weighted by atomic mass is 127. The van der Waals surface area contributed by atoms with Crippen molar-refractivity contribution in [3.05, 3.63) is 45.4 Å². The number of benzene rings is 1. The lowest BCUT2D eigenvalue weighted by atomic mass is 10.2. The summed E-state index contributed by atoms with van der Waals surface area (Å²) in [5.41, 5.74) is 1.10. The van der Waals surface area contributed by atoms with E-state index in [4.69, 9.17) is 10.7 Å². The van der Waals surface area contributed by atoms with E-state index in [1.54, 1.807) is 0 Å². The first-order valence-corrected chi connectivity index (χ1v) is 9.54. The van der Waals surface area contributed by atoms with Crippen molar-refractivity contribution in [2.45, 2.75) is 31.3 Å². The minimum absolute atomic E-state index is 0.0758. The van der Waals surface area contributed by atoms with Crippen LogP contribution in [0.2, 0.25) is 0 Å². The van der Waals surface area contributed by atoms with Gasteiger partial charge in [-0.2, -0.15) is 0 Å². The van der Waals surface area contributed by atoms with Gasteiger partial charge < -0.3 is 4.57 Å². The van der Waals surface area contributed by atoms with Crippen LogP contribution in [0.4, 0.5) is 0 Å². The molecule has 0 N–H and O–H groups in total. The van der Waals surface area contributed by atoms with Crippen molar-refractivity contribution in [2.75, 3.05) is 0 Å². The SMILES string of the molecule is CCCc1nc(S(=O)(=O)Cl)cn1Cc1ccc(I)cc1. The van der Waals surface area contributed by atoms with Gasteiger partial charge in [-0.25, -0.2) is 13.4 Å². The molecule has 7 heteroatoms. The summed E-state index contributed by atoms with van der Waals surface area (Å²) in [5, 5.41) is -0.0758. The molecular formula is C13H14ClIN2O2S. The van der Waals surface area contributed by atoms with Gasteiger partial charge in [-0.15, -0.1) is 0 Å². The highest BCUT2D eigenvalue weighted by Gasteiger charge is 2.17. The molecule has 0 aliphatic carbocycles. The van der Waals surface area contributed by atoms with Crippen LogP contribution in [-0.4, -0.2) is 18.0 Å². The van der Waals surface area contributed by atoms with Crippen molar-refractivity contribution in [3.63, 3.8) is 0 Å². The Morgan fingerprint density at radius 3 is 2.50 bits per heavy atom. The summed E-state index contributed by atoms with van der Waals surface area (Å²) in [5.74, 6) is 0.741. The Morgan fingerprint density at radius 1 is 1.30 bits per heavy atom. The van der Waals surface area contributed by atoms with Crippen molar-refractivity contribution in [3.8, 4) is 0 Å². The van der Waals surface area contributed by atoms with E-state index < -0.39 is 9.05 Å². The molecule has 0 spiro atoms. The van der Waals surface area contributed by atoms with Crippen LogP contribution in [0.15, 0.2) is 35.5 Å². The van der Waals surface area contributed by atoms with Gasteiger partial charge in [0.2, 0.25) is 0 Å². The second-order valence-corrected chi connectivity index (χ2v) is 8.20. The third-order valence-corrected chi connectivity index (χ3v) is 4.72. The van der Waals surface area contributed by atoms with E-state index in [2.05, 4.69) is 27.6 Å². The quantitative estimate of drug-likeness (QED) is 0.546. The molecule has 0 radical (unpaired) electrons. The second kappa shape index (κ2) is 6.44. The van der Waals surface area contributed by atoms with E-state index in [0.717, 1.165) is 27.8 Å². The smallest absolute Gasteiger partial charge is 0.280 e. The van der Waals surface area contributed by atoms with Crippen molar-refractivity contribution < 1.29 is 8.42 Å². The van der Waals surface area contributed by atoms with Crippen LogP contribution in [0.3, 0.4) is 0 Å². The molecule has 0 amide bonds. The number of hydrogen-bond acceptors (Lipinski definition) is 3. The van der Waals surface area contributed by atoms with Crippen LogP contribution < -0.4 is 0 Å². The molecule has 0 saturated heterocycles. The first kappa shape index (κ1) is 15.8. The average molecular weight is 425 g/mol. The molecule has 0 atom stereocenters. The normalized spacial score (nSPS) is 11.8. The molecule has 0 fully saturated rings. The number of halogens is 2. The summed E-state index contributed by atoms with van der Waals surface area (Å²) in [7, 11) is 1.58. The van der Waals surface area contributed by atoms with Gasteiger partial charge in [0.1, 0.15) is 5.82 Å². The summed E-state index contributed by atoms with van der Waals surface area (Å²) in [4.78, 5) is 4.13. The molecule has 20 heavy (non-hydrogen) atoms. The van der Waals surface area contributed by atoms with Crippen LogP contribution >= 0.6 is 33.3 Å². The van der Waals surface area contributed by atoms with Gasteiger partial charge in [0.15, 0.2) is 5.03 Å². The molecule has 0 bridgehead atoms. The number of aryl methyl sites for hydroxylation is 1. The molecule has 1 aromatic carbocycles. The molecule has 2 aromatic rings. The van der Waals surface area contributed by atoms with Gasteiger partial charge in [0.05, 0.1) is 0 Å². The topological polar surface area (TPSA) is 52.0 Å². The number of hydrogen-bond donors (Lipinski definition) is 0. The number of rotatable bonds is 5. The summed E-state index contributed by atoms with van der Waals surface area (Å²) in [6, 6.07) is 8.08. The third-order valence-electron chi connectivity index (χ3n) is 2.83. The average Bonchev–Trinajstić information content (AvgIpc) is 2.76. The fraction of sp³-hybridized carbons (Fsp3) is 0.308. The molecule has 0 aliphatic rings.